The van der Waals surface area contributed by atoms with Crippen LogP contribution in [0.4, 0.5) is 0 Å². The molecule has 2 aliphatic rings. The van der Waals surface area contributed by atoms with Crippen molar-refractivity contribution in [2.75, 3.05) is 19.9 Å². The Morgan fingerprint density at radius 1 is 1.33 bits per heavy atom. The molecule has 0 atom stereocenters. The summed E-state index contributed by atoms with van der Waals surface area (Å²) in [5, 5.41) is 3.92. The van der Waals surface area contributed by atoms with E-state index in [4.69, 9.17) is 21.1 Å². The minimum Gasteiger partial charge on any atom is -0.454 e. The molecule has 2 aliphatic heterocycles. The fourth-order valence-corrected chi connectivity index (χ4v) is 2.25. The molecule has 0 aliphatic carbocycles. The van der Waals surface area contributed by atoms with Crippen molar-refractivity contribution in [1.29, 1.82) is 0 Å². The van der Waals surface area contributed by atoms with Crippen molar-refractivity contribution in [3.63, 3.8) is 0 Å². The topological polar surface area (TPSA) is 30.5 Å². The first kappa shape index (κ1) is 9.31. The minimum absolute atomic E-state index is 0.281. The Kier molecular flexibility index (Phi) is 2.22. The molecule has 0 saturated carbocycles. The summed E-state index contributed by atoms with van der Waals surface area (Å²) in [5.74, 6) is 2.21. The van der Waals surface area contributed by atoms with Crippen LogP contribution in [0.15, 0.2) is 12.1 Å². The third-order valence-corrected chi connectivity index (χ3v) is 3.16. The van der Waals surface area contributed by atoms with Crippen LogP contribution in [0.3, 0.4) is 0 Å². The molecule has 0 amide bonds. The van der Waals surface area contributed by atoms with Crippen molar-refractivity contribution in [1.82, 2.24) is 5.32 Å². The average molecular weight is 226 g/mol. The van der Waals surface area contributed by atoms with Crippen LogP contribution in [0, 0.1) is 5.92 Å². The predicted octanol–water partition coefficient (Wildman–Crippen LogP) is 1.83. The number of rotatable bonds is 2. The Hall–Kier alpha value is -0.930. The van der Waals surface area contributed by atoms with Crippen LogP contribution in [0.1, 0.15) is 5.56 Å². The third kappa shape index (κ3) is 1.66. The van der Waals surface area contributed by atoms with E-state index in [1.165, 1.54) is 5.56 Å². The summed E-state index contributed by atoms with van der Waals surface area (Å²) in [7, 11) is 0. The summed E-state index contributed by atoms with van der Waals surface area (Å²) in [6.07, 6.45) is 1.06. The van der Waals surface area contributed by atoms with E-state index in [1.807, 2.05) is 12.1 Å². The second-order valence-corrected chi connectivity index (χ2v) is 4.45. The Morgan fingerprint density at radius 2 is 2.20 bits per heavy atom. The second kappa shape index (κ2) is 3.58. The molecule has 1 saturated heterocycles. The van der Waals surface area contributed by atoms with Crippen molar-refractivity contribution >= 4 is 11.6 Å². The highest BCUT2D eigenvalue weighted by Gasteiger charge is 2.21. The van der Waals surface area contributed by atoms with Crippen molar-refractivity contribution in [2.24, 2.45) is 5.92 Å². The number of ether oxygens (including phenoxy) is 2. The minimum atomic E-state index is 0.281. The van der Waals surface area contributed by atoms with Crippen molar-refractivity contribution in [2.45, 2.75) is 6.42 Å². The van der Waals surface area contributed by atoms with Gasteiger partial charge in [-0.1, -0.05) is 11.6 Å². The van der Waals surface area contributed by atoms with Crippen molar-refractivity contribution in [3.8, 4) is 11.5 Å². The SMILES string of the molecule is Clc1cc(CC2CNC2)cc2c1OCO2. The summed E-state index contributed by atoms with van der Waals surface area (Å²) >= 11 is 6.10. The summed E-state index contributed by atoms with van der Waals surface area (Å²) in [5.41, 5.74) is 1.23. The number of benzene rings is 1. The highest BCUT2D eigenvalue weighted by atomic mass is 35.5. The van der Waals surface area contributed by atoms with E-state index in [9.17, 15) is 0 Å². The van der Waals surface area contributed by atoms with Gasteiger partial charge in [0.2, 0.25) is 6.79 Å². The predicted molar refractivity (Wildman–Crippen MR) is 57.6 cm³/mol. The lowest BCUT2D eigenvalue weighted by atomic mass is 9.94. The Morgan fingerprint density at radius 3 is 2.93 bits per heavy atom. The molecule has 1 fully saturated rings. The van der Waals surface area contributed by atoms with Crippen LogP contribution in [0.5, 0.6) is 11.5 Å². The van der Waals surface area contributed by atoms with Gasteiger partial charge in [-0.3, -0.25) is 0 Å². The number of nitrogens with one attached hydrogen (secondary N) is 1. The zero-order valence-corrected chi connectivity index (χ0v) is 9.01. The van der Waals surface area contributed by atoms with Crippen LogP contribution in [-0.2, 0) is 6.42 Å². The molecule has 2 heterocycles. The van der Waals surface area contributed by atoms with E-state index in [-0.39, 0.29) is 6.79 Å². The van der Waals surface area contributed by atoms with Gasteiger partial charge in [0.1, 0.15) is 0 Å². The van der Waals surface area contributed by atoms with Crippen molar-refractivity contribution in [3.05, 3.63) is 22.7 Å². The summed E-state index contributed by atoms with van der Waals surface area (Å²) in [6, 6.07) is 4.01. The fraction of sp³-hybridized carbons (Fsp3) is 0.455. The Balaban J connectivity index is 1.86. The summed E-state index contributed by atoms with van der Waals surface area (Å²) < 4.78 is 10.6. The molecule has 1 N–H and O–H groups in total. The highest BCUT2D eigenvalue weighted by molar-refractivity contribution is 6.32. The first-order valence-corrected chi connectivity index (χ1v) is 5.49. The van der Waals surface area contributed by atoms with E-state index >= 15 is 0 Å². The zero-order chi connectivity index (χ0) is 10.3. The molecule has 80 valence electrons. The Labute approximate surface area is 93.3 Å². The largest absolute Gasteiger partial charge is 0.454 e. The fourth-order valence-electron chi connectivity index (χ4n) is 1.96. The zero-order valence-electron chi connectivity index (χ0n) is 8.25. The van der Waals surface area contributed by atoms with Gasteiger partial charge in [-0.15, -0.1) is 0 Å². The maximum absolute atomic E-state index is 6.10. The molecule has 0 aromatic heterocycles. The maximum atomic E-state index is 6.10. The highest BCUT2D eigenvalue weighted by Crippen LogP contribution is 2.40. The smallest absolute Gasteiger partial charge is 0.231 e. The van der Waals surface area contributed by atoms with Gasteiger partial charge >= 0.3 is 0 Å². The van der Waals surface area contributed by atoms with Crippen LogP contribution in [-0.4, -0.2) is 19.9 Å². The van der Waals surface area contributed by atoms with E-state index in [2.05, 4.69) is 5.32 Å². The lowest BCUT2D eigenvalue weighted by Gasteiger charge is -2.27. The summed E-state index contributed by atoms with van der Waals surface area (Å²) in [6.45, 7) is 2.49. The number of hydrogen-bond donors (Lipinski definition) is 1. The van der Waals surface area contributed by atoms with Crippen LogP contribution in [0.2, 0.25) is 5.02 Å². The van der Waals surface area contributed by atoms with Crippen LogP contribution in [0.25, 0.3) is 0 Å². The summed E-state index contributed by atoms with van der Waals surface area (Å²) in [4.78, 5) is 0. The lowest BCUT2D eigenvalue weighted by molar-refractivity contribution is 0.174. The van der Waals surface area contributed by atoms with E-state index in [0.29, 0.717) is 10.8 Å². The van der Waals surface area contributed by atoms with E-state index in [1.54, 1.807) is 0 Å². The molecular weight excluding hydrogens is 214 g/mol. The van der Waals surface area contributed by atoms with E-state index in [0.717, 1.165) is 31.2 Å². The normalized spacial score (nSPS) is 19.0. The molecule has 0 bridgehead atoms. The molecule has 15 heavy (non-hydrogen) atoms. The van der Waals surface area contributed by atoms with Crippen molar-refractivity contribution < 1.29 is 9.47 Å². The number of hydrogen-bond acceptors (Lipinski definition) is 3. The van der Waals surface area contributed by atoms with Gasteiger partial charge in [-0.2, -0.15) is 0 Å². The lowest BCUT2D eigenvalue weighted by Crippen LogP contribution is -2.43. The molecular formula is C11H12ClNO2. The molecule has 1 aromatic rings. The van der Waals surface area contributed by atoms with Crippen LogP contribution >= 0.6 is 11.6 Å². The first-order valence-electron chi connectivity index (χ1n) is 5.11. The van der Waals surface area contributed by atoms with Gasteiger partial charge in [0, 0.05) is 0 Å². The molecule has 1 aromatic carbocycles. The molecule has 0 unspecified atom stereocenters. The average Bonchev–Trinajstić information content (AvgIpc) is 2.59. The van der Waals surface area contributed by atoms with Gasteiger partial charge in [0.15, 0.2) is 11.5 Å². The molecule has 0 spiro atoms. The van der Waals surface area contributed by atoms with Gasteiger partial charge in [0.25, 0.3) is 0 Å². The standard InChI is InChI=1S/C11H12ClNO2/c12-9-2-7(1-8-4-13-5-8)3-10-11(9)15-6-14-10/h2-3,8,13H,1,4-6H2. The molecule has 4 heteroatoms. The quantitative estimate of drug-likeness (QED) is 0.833. The van der Waals surface area contributed by atoms with Gasteiger partial charge in [-0.05, 0) is 43.1 Å². The van der Waals surface area contributed by atoms with E-state index < -0.39 is 0 Å². The monoisotopic (exact) mass is 225 g/mol. The van der Waals surface area contributed by atoms with Gasteiger partial charge < -0.3 is 14.8 Å². The molecule has 0 radical (unpaired) electrons. The number of fused-ring (bicyclic) bond motifs is 1. The Bertz CT molecular complexity index is 390. The first-order chi connectivity index (χ1) is 7.33. The second-order valence-electron chi connectivity index (χ2n) is 4.04. The molecule has 3 rings (SSSR count). The van der Waals surface area contributed by atoms with Crippen LogP contribution < -0.4 is 14.8 Å². The van der Waals surface area contributed by atoms with Gasteiger partial charge in [-0.25, -0.2) is 0 Å². The van der Waals surface area contributed by atoms with Gasteiger partial charge in [0.05, 0.1) is 5.02 Å². The maximum Gasteiger partial charge on any atom is 0.231 e. The molecule has 3 nitrogen and oxygen atoms in total. The number of halogens is 1. The third-order valence-electron chi connectivity index (χ3n) is 2.88.